The van der Waals surface area contributed by atoms with Crippen LogP contribution in [0.25, 0.3) is 11.0 Å². The van der Waals surface area contributed by atoms with E-state index in [2.05, 4.69) is 42.9 Å². The zero-order chi connectivity index (χ0) is 17.6. The van der Waals surface area contributed by atoms with Crippen LogP contribution in [-0.2, 0) is 19.4 Å². The van der Waals surface area contributed by atoms with Gasteiger partial charge < -0.3 is 0 Å². The molecule has 4 nitrogen and oxygen atoms in total. The largest absolute Gasteiger partial charge is 0.294 e. The second kappa shape index (κ2) is 6.10. The lowest BCUT2D eigenvalue weighted by Crippen LogP contribution is -2.23. The van der Waals surface area contributed by atoms with Gasteiger partial charge in [-0.15, -0.1) is 0 Å². The molecule has 0 amide bonds. The van der Waals surface area contributed by atoms with E-state index in [1.165, 1.54) is 40.7 Å². The molecule has 4 rings (SSSR count). The predicted molar refractivity (Wildman–Crippen MR) is 100 cm³/mol. The van der Waals surface area contributed by atoms with E-state index in [1.54, 1.807) is 10.9 Å². The summed E-state index contributed by atoms with van der Waals surface area (Å²) in [6, 6.07) is 6.36. The molecule has 1 aliphatic carbocycles. The first kappa shape index (κ1) is 16.0. The number of aromatic nitrogens is 3. The molecule has 128 valence electrons. The SMILES string of the molecule is Cc1cc(C)c(Cn2cnc3nc4c(cc3c2=O)CCCC4)c(C)c1. The van der Waals surface area contributed by atoms with Crippen molar-refractivity contribution in [3.8, 4) is 0 Å². The Kier molecular flexibility index (Phi) is 3.91. The summed E-state index contributed by atoms with van der Waals surface area (Å²) in [6.45, 7) is 6.86. The van der Waals surface area contributed by atoms with Crippen LogP contribution in [0.15, 0.2) is 29.3 Å². The van der Waals surface area contributed by atoms with Gasteiger partial charge in [-0.1, -0.05) is 17.7 Å². The highest BCUT2D eigenvalue weighted by molar-refractivity contribution is 5.74. The number of fused-ring (bicyclic) bond motifs is 2. The lowest BCUT2D eigenvalue weighted by Gasteiger charge is -2.16. The maximum Gasteiger partial charge on any atom is 0.263 e. The molecule has 2 aromatic heterocycles. The van der Waals surface area contributed by atoms with Crippen molar-refractivity contribution >= 4 is 11.0 Å². The lowest BCUT2D eigenvalue weighted by atomic mass is 9.95. The maximum absolute atomic E-state index is 13.0. The van der Waals surface area contributed by atoms with Crippen molar-refractivity contribution in [3.05, 3.63) is 68.4 Å². The molecule has 25 heavy (non-hydrogen) atoms. The van der Waals surface area contributed by atoms with Crippen molar-refractivity contribution in [2.24, 2.45) is 0 Å². The molecule has 1 aliphatic rings. The van der Waals surface area contributed by atoms with Gasteiger partial charge in [0.05, 0.1) is 11.9 Å². The Balaban J connectivity index is 1.81. The Bertz CT molecular complexity index is 1010. The molecule has 0 aliphatic heterocycles. The third kappa shape index (κ3) is 2.86. The number of rotatable bonds is 2. The van der Waals surface area contributed by atoms with Crippen LogP contribution in [-0.4, -0.2) is 14.5 Å². The van der Waals surface area contributed by atoms with Crippen LogP contribution < -0.4 is 5.56 Å². The lowest BCUT2D eigenvalue weighted by molar-refractivity contribution is 0.668. The van der Waals surface area contributed by atoms with Gasteiger partial charge >= 0.3 is 0 Å². The van der Waals surface area contributed by atoms with E-state index in [1.807, 2.05) is 6.07 Å². The summed E-state index contributed by atoms with van der Waals surface area (Å²) >= 11 is 0. The highest BCUT2D eigenvalue weighted by Crippen LogP contribution is 2.22. The molecule has 0 bridgehead atoms. The summed E-state index contributed by atoms with van der Waals surface area (Å²) in [5.74, 6) is 0. The number of hydrogen-bond donors (Lipinski definition) is 0. The Morgan fingerprint density at radius 3 is 2.52 bits per heavy atom. The average molecular weight is 333 g/mol. The van der Waals surface area contributed by atoms with E-state index in [0.717, 1.165) is 18.5 Å². The minimum absolute atomic E-state index is 0.00486. The number of benzene rings is 1. The van der Waals surface area contributed by atoms with Gasteiger partial charge in [-0.25, -0.2) is 9.97 Å². The van der Waals surface area contributed by atoms with E-state index >= 15 is 0 Å². The van der Waals surface area contributed by atoms with Crippen LogP contribution in [0.2, 0.25) is 0 Å². The Morgan fingerprint density at radius 2 is 1.76 bits per heavy atom. The molecule has 2 heterocycles. The molecule has 4 heteroatoms. The van der Waals surface area contributed by atoms with Gasteiger partial charge in [0.15, 0.2) is 5.65 Å². The first-order valence-electron chi connectivity index (χ1n) is 8.97. The molecule has 3 aromatic rings. The van der Waals surface area contributed by atoms with Crippen LogP contribution in [0.1, 0.15) is 46.4 Å². The molecule has 0 unspecified atom stereocenters. The van der Waals surface area contributed by atoms with Crippen molar-refractivity contribution in [1.29, 1.82) is 0 Å². The molecule has 0 N–H and O–H groups in total. The fourth-order valence-electron chi connectivity index (χ4n) is 3.95. The molecule has 0 radical (unpaired) electrons. The number of pyridine rings is 1. The third-order valence-corrected chi connectivity index (χ3v) is 5.26. The summed E-state index contributed by atoms with van der Waals surface area (Å²) in [4.78, 5) is 22.1. The van der Waals surface area contributed by atoms with Gasteiger partial charge in [-0.2, -0.15) is 0 Å². The molecule has 0 saturated heterocycles. The summed E-state index contributed by atoms with van der Waals surface area (Å²) in [5, 5.41) is 0.644. The second-order valence-electron chi connectivity index (χ2n) is 7.23. The van der Waals surface area contributed by atoms with Gasteiger partial charge in [0.2, 0.25) is 0 Å². The molecule has 1 aromatic carbocycles. The average Bonchev–Trinajstić information content (AvgIpc) is 2.58. The Morgan fingerprint density at radius 1 is 1.04 bits per heavy atom. The molecular formula is C21H23N3O. The Labute approximate surface area is 147 Å². The predicted octanol–water partition coefficient (Wildman–Crippen LogP) is 3.64. The first-order chi connectivity index (χ1) is 12.0. The fraction of sp³-hybridized carbons (Fsp3) is 0.381. The smallest absolute Gasteiger partial charge is 0.263 e. The fourth-order valence-corrected chi connectivity index (χ4v) is 3.95. The van der Waals surface area contributed by atoms with Gasteiger partial charge in [-0.05, 0) is 74.8 Å². The van der Waals surface area contributed by atoms with Crippen LogP contribution >= 0.6 is 0 Å². The zero-order valence-electron chi connectivity index (χ0n) is 15.1. The van der Waals surface area contributed by atoms with E-state index in [9.17, 15) is 4.79 Å². The quantitative estimate of drug-likeness (QED) is 0.719. The van der Waals surface area contributed by atoms with E-state index < -0.39 is 0 Å². The minimum Gasteiger partial charge on any atom is -0.294 e. The van der Waals surface area contributed by atoms with Crippen LogP contribution in [0, 0.1) is 20.8 Å². The molecule has 0 fully saturated rings. The first-order valence-corrected chi connectivity index (χ1v) is 8.97. The van der Waals surface area contributed by atoms with Crippen LogP contribution in [0.4, 0.5) is 0 Å². The summed E-state index contributed by atoms with van der Waals surface area (Å²) in [7, 11) is 0. The van der Waals surface area contributed by atoms with Crippen molar-refractivity contribution in [2.45, 2.75) is 53.0 Å². The molecular weight excluding hydrogens is 310 g/mol. The highest BCUT2D eigenvalue weighted by atomic mass is 16.1. The Hall–Kier alpha value is -2.49. The standard InChI is InChI=1S/C21H23N3O/c1-13-8-14(2)18(15(3)9-13)11-24-12-22-20-17(21(24)25)10-16-6-4-5-7-19(16)23-20/h8-10,12H,4-7,11H2,1-3H3. The number of nitrogens with zero attached hydrogens (tertiary/aromatic N) is 3. The van der Waals surface area contributed by atoms with E-state index in [0.29, 0.717) is 17.6 Å². The zero-order valence-corrected chi connectivity index (χ0v) is 15.1. The van der Waals surface area contributed by atoms with Gasteiger partial charge in [0.1, 0.15) is 6.33 Å². The second-order valence-corrected chi connectivity index (χ2v) is 7.23. The van der Waals surface area contributed by atoms with Crippen molar-refractivity contribution in [2.75, 3.05) is 0 Å². The normalized spacial score (nSPS) is 13.9. The minimum atomic E-state index is 0.00486. The summed E-state index contributed by atoms with van der Waals surface area (Å²) in [6.07, 6.45) is 6.01. The van der Waals surface area contributed by atoms with Crippen LogP contribution in [0.5, 0.6) is 0 Å². The van der Waals surface area contributed by atoms with Gasteiger partial charge in [-0.3, -0.25) is 9.36 Å². The monoisotopic (exact) mass is 333 g/mol. The number of hydrogen-bond acceptors (Lipinski definition) is 3. The van der Waals surface area contributed by atoms with Gasteiger partial charge in [0.25, 0.3) is 5.56 Å². The number of aryl methyl sites for hydroxylation is 5. The van der Waals surface area contributed by atoms with Crippen molar-refractivity contribution < 1.29 is 0 Å². The van der Waals surface area contributed by atoms with Crippen LogP contribution in [0.3, 0.4) is 0 Å². The highest BCUT2D eigenvalue weighted by Gasteiger charge is 2.15. The molecule has 0 atom stereocenters. The van der Waals surface area contributed by atoms with E-state index in [-0.39, 0.29) is 5.56 Å². The van der Waals surface area contributed by atoms with Gasteiger partial charge in [0, 0.05) is 5.69 Å². The van der Waals surface area contributed by atoms with Crippen molar-refractivity contribution in [1.82, 2.24) is 14.5 Å². The molecule has 0 spiro atoms. The van der Waals surface area contributed by atoms with Crippen molar-refractivity contribution in [3.63, 3.8) is 0 Å². The van der Waals surface area contributed by atoms with E-state index in [4.69, 9.17) is 0 Å². The summed E-state index contributed by atoms with van der Waals surface area (Å²) < 4.78 is 1.71. The summed E-state index contributed by atoms with van der Waals surface area (Å²) in [5.41, 5.74) is 7.80. The topological polar surface area (TPSA) is 47.8 Å². The third-order valence-electron chi connectivity index (χ3n) is 5.26. The molecule has 0 saturated carbocycles. The maximum atomic E-state index is 13.0.